The van der Waals surface area contributed by atoms with Gasteiger partial charge in [0.1, 0.15) is 5.75 Å². The predicted molar refractivity (Wildman–Crippen MR) is 124 cm³/mol. The number of piperidine rings is 1. The molecule has 7 heteroatoms. The SMILES string of the molecule is COc1ccc(CN2CCC(CNC(N)=NCc3ccc(OC)c(OC)c3)CC2)cc1. The van der Waals surface area contributed by atoms with Crippen LogP contribution < -0.4 is 25.3 Å². The Kier molecular flexibility index (Phi) is 8.41. The zero-order valence-electron chi connectivity index (χ0n) is 18.8. The van der Waals surface area contributed by atoms with E-state index in [1.807, 2.05) is 30.3 Å². The normalized spacial score (nSPS) is 15.5. The monoisotopic (exact) mass is 426 g/mol. The van der Waals surface area contributed by atoms with E-state index < -0.39 is 0 Å². The van der Waals surface area contributed by atoms with Gasteiger partial charge in [-0.25, -0.2) is 4.99 Å². The smallest absolute Gasteiger partial charge is 0.188 e. The average molecular weight is 427 g/mol. The molecule has 2 aromatic rings. The first-order chi connectivity index (χ1) is 15.1. The van der Waals surface area contributed by atoms with E-state index in [2.05, 4.69) is 27.3 Å². The van der Waals surface area contributed by atoms with Crippen LogP contribution in [0.5, 0.6) is 17.2 Å². The summed E-state index contributed by atoms with van der Waals surface area (Å²) in [5.41, 5.74) is 8.43. The molecule has 0 saturated carbocycles. The van der Waals surface area contributed by atoms with Crippen molar-refractivity contribution in [2.24, 2.45) is 16.6 Å². The summed E-state index contributed by atoms with van der Waals surface area (Å²) in [4.78, 5) is 6.97. The van der Waals surface area contributed by atoms with Crippen molar-refractivity contribution in [2.45, 2.75) is 25.9 Å². The number of guanidine groups is 1. The third-order valence-electron chi connectivity index (χ3n) is 5.72. The fourth-order valence-electron chi connectivity index (χ4n) is 3.80. The minimum atomic E-state index is 0.482. The van der Waals surface area contributed by atoms with Crippen molar-refractivity contribution in [2.75, 3.05) is 41.0 Å². The third kappa shape index (κ3) is 6.79. The van der Waals surface area contributed by atoms with Crippen molar-refractivity contribution in [1.82, 2.24) is 10.2 Å². The molecule has 0 unspecified atom stereocenters. The van der Waals surface area contributed by atoms with Gasteiger partial charge < -0.3 is 25.3 Å². The summed E-state index contributed by atoms with van der Waals surface area (Å²) in [6.07, 6.45) is 2.32. The average Bonchev–Trinajstić information content (AvgIpc) is 2.82. The maximum atomic E-state index is 6.08. The Hall–Kier alpha value is -2.93. The largest absolute Gasteiger partial charge is 0.497 e. The van der Waals surface area contributed by atoms with Gasteiger partial charge in [0, 0.05) is 13.1 Å². The van der Waals surface area contributed by atoms with Crippen LogP contribution in [-0.4, -0.2) is 51.8 Å². The molecule has 3 N–H and O–H groups in total. The van der Waals surface area contributed by atoms with E-state index >= 15 is 0 Å². The number of likely N-dealkylation sites (tertiary alicyclic amines) is 1. The molecule has 1 aliphatic rings. The molecule has 31 heavy (non-hydrogen) atoms. The van der Waals surface area contributed by atoms with E-state index in [0.29, 0.717) is 29.9 Å². The van der Waals surface area contributed by atoms with Gasteiger partial charge in [0.2, 0.25) is 0 Å². The number of nitrogens with one attached hydrogen (secondary N) is 1. The molecule has 0 spiro atoms. The molecule has 0 bridgehead atoms. The Morgan fingerprint density at radius 1 is 0.968 bits per heavy atom. The zero-order chi connectivity index (χ0) is 22.1. The van der Waals surface area contributed by atoms with Crippen LogP contribution in [0.2, 0.25) is 0 Å². The van der Waals surface area contributed by atoms with Crippen LogP contribution in [0.3, 0.4) is 0 Å². The van der Waals surface area contributed by atoms with E-state index in [1.54, 1.807) is 21.3 Å². The van der Waals surface area contributed by atoms with Gasteiger partial charge in [-0.1, -0.05) is 18.2 Å². The lowest BCUT2D eigenvalue weighted by Crippen LogP contribution is -2.40. The molecule has 0 radical (unpaired) electrons. The van der Waals surface area contributed by atoms with E-state index in [0.717, 1.165) is 50.3 Å². The minimum Gasteiger partial charge on any atom is -0.497 e. The van der Waals surface area contributed by atoms with E-state index in [4.69, 9.17) is 19.9 Å². The molecule has 0 atom stereocenters. The highest BCUT2D eigenvalue weighted by atomic mass is 16.5. The van der Waals surface area contributed by atoms with Gasteiger partial charge >= 0.3 is 0 Å². The molecule has 2 aromatic carbocycles. The summed E-state index contributed by atoms with van der Waals surface area (Å²) in [6, 6.07) is 14.1. The minimum absolute atomic E-state index is 0.482. The Labute approximate surface area is 185 Å². The third-order valence-corrected chi connectivity index (χ3v) is 5.72. The highest BCUT2D eigenvalue weighted by molar-refractivity contribution is 5.77. The first-order valence-corrected chi connectivity index (χ1v) is 10.7. The van der Waals surface area contributed by atoms with Crippen LogP contribution in [0, 0.1) is 5.92 Å². The van der Waals surface area contributed by atoms with Gasteiger partial charge in [0.25, 0.3) is 0 Å². The van der Waals surface area contributed by atoms with Crippen molar-refractivity contribution < 1.29 is 14.2 Å². The van der Waals surface area contributed by atoms with Gasteiger partial charge in [0.15, 0.2) is 17.5 Å². The number of nitrogens with zero attached hydrogens (tertiary/aromatic N) is 2. The summed E-state index contributed by atoms with van der Waals surface area (Å²) in [5, 5.41) is 3.29. The van der Waals surface area contributed by atoms with Gasteiger partial charge in [-0.15, -0.1) is 0 Å². The fourth-order valence-corrected chi connectivity index (χ4v) is 3.80. The highest BCUT2D eigenvalue weighted by Crippen LogP contribution is 2.27. The van der Waals surface area contributed by atoms with Crippen molar-refractivity contribution in [1.29, 1.82) is 0 Å². The van der Waals surface area contributed by atoms with Gasteiger partial charge in [-0.3, -0.25) is 4.90 Å². The second-order valence-corrected chi connectivity index (χ2v) is 7.84. The van der Waals surface area contributed by atoms with Crippen molar-refractivity contribution in [3.8, 4) is 17.2 Å². The lowest BCUT2D eigenvalue weighted by molar-refractivity contribution is 0.178. The van der Waals surface area contributed by atoms with Crippen LogP contribution in [0.1, 0.15) is 24.0 Å². The van der Waals surface area contributed by atoms with E-state index in [9.17, 15) is 0 Å². The molecular formula is C24H34N4O3. The number of nitrogens with two attached hydrogens (primary N) is 1. The van der Waals surface area contributed by atoms with Crippen LogP contribution in [0.4, 0.5) is 0 Å². The van der Waals surface area contributed by atoms with Crippen LogP contribution in [0.15, 0.2) is 47.5 Å². The summed E-state index contributed by atoms with van der Waals surface area (Å²) in [7, 11) is 4.95. The quantitative estimate of drug-likeness (QED) is 0.474. The van der Waals surface area contributed by atoms with Crippen LogP contribution in [-0.2, 0) is 13.1 Å². The van der Waals surface area contributed by atoms with Gasteiger partial charge in [0.05, 0.1) is 27.9 Å². The van der Waals surface area contributed by atoms with E-state index in [-0.39, 0.29) is 0 Å². The highest BCUT2D eigenvalue weighted by Gasteiger charge is 2.19. The number of methoxy groups -OCH3 is 3. The number of rotatable bonds is 9. The lowest BCUT2D eigenvalue weighted by Gasteiger charge is -2.32. The Bertz CT molecular complexity index is 846. The maximum Gasteiger partial charge on any atom is 0.188 e. The first kappa shape index (κ1) is 22.7. The molecule has 3 rings (SSSR count). The Balaban J connectivity index is 1.39. The van der Waals surface area contributed by atoms with Crippen molar-refractivity contribution in [3.05, 3.63) is 53.6 Å². The second-order valence-electron chi connectivity index (χ2n) is 7.84. The summed E-state index contributed by atoms with van der Waals surface area (Å²) in [5.74, 6) is 3.40. The molecule has 1 saturated heterocycles. The molecule has 1 heterocycles. The first-order valence-electron chi connectivity index (χ1n) is 10.7. The molecule has 0 amide bonds. The molecule has 1 fully saturated rings. The molecular weight excluding hydrogens is 392 g/mol. The molecule has 0 aliphatic carbocycles. The zero-order valence-corrected chi connectivity index (χ0v) is 18.8. The van der Waals surface area contributed by atoms with E-state index in [1.165, 1.54) is 5.56 Å². The fraction of sp³-hybridized carbons (Fsp3) is 0.458. The van der Waals surface area contributed by atoms with Crippen LogP contribution >= 0.6 is 0 Å². The van der Waals surface area contributed by atoms with Gasteiger partial charge in [-0.05, 0) is 67.2 Å². The molecule has 168 valence electrons. The summed E-state index contributed by atoms with van der Waals surface area (Å²) < 4.78 is 15.8. The molecule has 0 aromatic heterocycles. The number of aliphatic imine (C=N–C) groups is 1. The lowest BCUT2D eigenvalue weighted by atomic mass is 9.96. The summed E-state index contributed by atoms with van der Waals surface area (Å²) >= 11 is 0. The maximum absolute atomic E-state index is 6.08. The molecule has 1 aliphatic heterocycles. The number of benzene rings is 2. The number of hydrogen-bond acceptors (Lipinski definition) is 5. The Morgan fingerprint density at radius 2 is 1.65 bits per heavy atom. The van der Waals surface area contributed by atoms with Crippen molar-refractivity contribution >= 4 is 5.96 Å². The number of hydrogen-bond donors (Lipinski definition) is 2. The Morgan fingerprint density at radius 3 is 2.29 bits per heavy atom. The predicted octanol–water partition coefficient (Wildman–Crippen LogP) is 3.03. The van der Waals surface area contributed by atoms with Crippen molar-refractivity contribution in [3.63, 3.8) is 0 Å². The topological polar surface area (TPSA) is 81.3 Å². The second kappa shape index (κ2) is 11.5. The standard InChI is InChI=1S/C24H34N4O3/c1-29-21-7-4-19(5-8-21)17-28-12-10-18(11-13-28)15-26-24(25)27-16-20-6-9-22(30-2)23(14-20)31-3/h4-9,14,18H,10-13,15-17H2,1-3H3,(H3,25,26,27). The van der Waals surface area contributed by atoms with Crippen LogP contribution in [0.25, 0.3) is 0 Å². The van der Waals surface area contributed by atoms with Gasteiger partial charge in [-0.2, -0.15) is 0 Å². The number of ether oxygens (including phenoxy) is 3. The molecule has 7 nitrogen and oxygen atoms in total. The summed E-state index contributed by atoms with van der Waals surface area (Å²) in [6.45, 7) is 4.54.